The number of hydrogen-bond acceptors (Lipinski definition) is 2. The second-order valence-electron chi connectivity index (χ2n) is 8.97. The van der Waals surface area contributed by atoms with Crippen molar-refractivity contribution in [2.75, 3.05) is 6.61 Å². The Bertz CT molecular complexity index is 447. The van der Waals surface area contributed by atoms with Crippen molar-refractivity contribution in [3.05, 3.63) is 0 Å². The first-order valence-corrected chi connectivity index (χ1v) is 12.7. The predicted molar refractivity (Wildman–Crippen MR) is 101 cm³/mol. The Morgan fingerprint density at radius 3 is 2.48 bits per heavy atom. The van der Waals surface area contributed by atoms with E-state index in [-0.39, 0.29) is 16.3 Å². The average Bonchev–Trinajstić information content (AvgIpc) is 2.59. The van der Waals surface area contributed by atoms with E-state index in [4.69, 9.17) is 27.6 Å². The summed E-state index contributed by atoms with van der Waals surface area (Å²) in [4.78, 5) is 11.4. The van der Waals surface area contributed by atoms with E-state index in [0.29, 0.717) is 18.1 Å². The Morgan fingerprint density at radius 2 is 1.91 bits per heavy atom. The molecule has 134 valence electrons. The summed E-state index contributed by atoms with van der Waals surface area (Å²) in [6, 6.07) is 0. The molecule has 2 saturated carbocycles. The molecule has 0 radical (unpaired) electrons. The van der Waals surface area contributed by atoms with Crippen molar-refractivity contribution in [3.8, 4) is 0 Å². The van der Waals surface area contributed by atoms with Gasteiger partial charge in [0.05, 0.1) is 10.3 Å². The molecular weight excluding hydrogens is 347 g/mol. The Balaban J connectivity index is 1.65. The third-order valence-corrected chi connectivity index (χ3v) is 12.1. The Hall–Kier alpha value is 0.427. The van der Waals surface area contributed by atoms with Crippen LogP contribution < -0.4 is 0 Å². The van der Waals surface area contributed by atoms with Crippen LogP contribution in [0.1, 0.15) is 59.3 Å². The smallest absolute Gasteiger partial charge is 0.191 e. The standard InChI is InChI=1S/C18H32Cl2O2Si/c1-17(2,3)23(4,5)22-10-8-6-7-9-13-11-15(19)18(20)12-14(21)16(13)18/h13,15-16H,6-12H2,1-5H3. The highest BCUT2D eigenvalue weighted by Gasteiger charge is 2.63. The Labute approximate surface area is 152 Å². The fourth-order valence-electron chi connectivity index (χ4n) is 3.70. The van der Waals surface area contributed by atoms with Gasteiger partial charge in [-0.3, -0.25) is 4.79 Å². The number of Topliss-reactive ketones (excluding diaryl/α,β-unsaturated/α-hetero) is 1. The zero-order chi connectivity index (χ0) is 17.5. The van der Waals surface area contributed by atoms with Crippen LogP contribution in [0.25, 0.3) is 0 Å². The molecule has 0 aromatic heterocycles. The molecule has 2 aliphatic carbocycles. The summed E-state index contributed by atoms with van der Waals surface area (Å²) < 4.78 is 6.21. The summed E-state index contributed by atoms with van der Waals surface area (Å²) in [5.74, 6) is 0.752. The maximum atomic E-state index is 11.9. The molecule has 0 amide bonds. The van der Waals surface area contributed by atoms with Crippen LogP contribution in [0.5, 0.6) is 0 Å². The largest absolute Gasteiger partial charge is 0.417 e. The minimum atomic E-state index is -1.61. The van der Waals surface area contributed by atoms with Gasteiger partial charge in [-0.05, 0) is 43.3 Å². The molecule has 0 saturated heterocycles. The van der Waals surface area contributed by atoms with Gasteiger partial charge < -0.3 is 4.43 Å². The van der Waals surface area contributed by atoms with Crippen LogP contribution in [-0.2, 0) is 9.22 Å². The van der Waals surface area contributed by atoms with Gasteiger partial charge >= 0.3 is 0 Å². The molecule has 4 unspecified atom stereocenters. The number of rotatable bonds is 7. The van der Waals surface area contributed by atoms with Crippen LogP contribution >= 0.6 is 23.2 Å². The zero-order valence-corrected chi connectivity index (χ0v) is 17.8. The number of hydrogen-bond donors (Lipinski definition) is 0. The molecule has 4 atom stereocenters. The average molecular weight is 379 g/mol. The lowest BCUT2D eigenvalue weighted by Gasteiger charge is -2.41. The zero-order valence-electron chi connectivity index (χ0n) is 15.3. The lowest BCUT2D eigenvalue weighted by molar-refractivity contribution is -0.132. The third kappa shape index (κ3) is 3.99. The highest BCUT2D eigenvalue weighted by molar-refractivity contribution is 6.74. The van der Waals surface area contributed by atoms with Gasteiger partial charge in [-0.25, -0.2) is 0 Å². The molecule has 5 heteroatoms. The fraction of sp³-hybridized carbons (Fsp3) is 0.944. The first-order chi connectivity index (χ1) is 10.5. The van der Waals surface area contributed by atoms with Crippen molar-refractivity contribution in [3.63, 3.8) is 0 Å². The van der Waals surface area contributed by atoms with Crippen LogP contribution in [0, 0.1) is 11.8 Å². The number of ketones is 1. The highest BCUT2D eigenvalue weighted by atomic mass is 35.5. The molecule has 0 N–H and O–H groups in total. The molecule has 0 aliphatic heterocycles. The van der Waals surface area contributed by atoms with Gasteiger partial charge in [-0.15, -0.1) is 23.2 Å². The topological polar surface area (TPSA) is 26.3 Å². The van der Waals surface area contributed by atoms with E-state index < -0.39 is 13.2 Å². The monoisotopic (exact) mass is 378 g/mol. The number of fused-ring (bicyclic) bond motifs is 1. The molecule has 2 fully saturated rings. The predicted octanol–water partition coefficient (Wildman–Crippen LogP) is 5.76. The lowest BCUT2D eigenvalue weighted by Crippen LogP contribution is -2.52. The fourth-order valence-corrected chi connectivity index (χ4v) is 5.75. The van der Waals surface area contributed by atoms with E-state index in [0.717, 1.165) is 38.7 Å². The van der Waals surface area contributed by atoms with Crippen LogP contribution in [0.4, 0.5) is 0 Å². The first kappa shape index (κ1) is 19.7. The number of alkyl halides is 2. The summed E-state index contributed by atoms with van der Waals surface area (Å²) in [6.07, 6.45) is 5.87. The van der Waals surface area contributed by atoms with Crippen molar-refractivity contribution >= 4 is 37.3 Å². The number of unbranched alkanes of at least 4 members (excludes halogenated alkanes) is 2. The van der Waals surface area contributed by atoms with Gasteiger partial charge in [0.2, 0.25) is 0 Å². The summed E-state index contributed by atoms with van der Waals surface area (Å²) in [7, 11) is -1.61. The van der Waals surface area contributed by atoms with E-state index in [1.807, 2.05) is 0 Å². The number of halogens is 2. The molecule has 23 heavy (non-hydrogen) atoms. The van der Waals surface area contributed by atoms with Crippen LogP contribution in [-0.4, -0.2) is 31.0 Å². The van der Waals surface area contributed by atoms with Gasteiger partial charge in [-0.2, -0.15) is 0 Å². The van der Waals surface area contributed by atoms with E-state index in [1.54, 1.807) is 0 Å². The molecule has 2 aliphatic rings. The molecule has 2 nitrogen and oxygen atoms in total. The SMILES string of the molecule is CC(C)(C)[Si](C)(C)OCCCCCC1CC(Cl)C2(Cl)CC(=O)C12. The van der Waals surface area contributed by atoms with Gasteiger partial charge in [-0.1, -0.05) is 33.6 Å². The number of carbonyl (C=O) groups is 1. The maximum Gasteiger partial charge on any atom is 0.191 e. The molecule has 0 spiro atoms. The van der Waals surface area contributed by atoms with Gasteiger partial charge in [0.25, 0.3) is 0 Å². The van der Waals surface area contributed by atoms with E-state index in [2.05, 4.69) is 33.9 Å². The van der Waals surface area contributed by atoms with Gasteiger partial charge in [0.15, 0.2) is 8.32 Å². The van der Waals surface area contributed by atoms with Gasteiger partial charge in [0, 0.05) is 18.9 Å². The quantitative estimate of drug-likeness (QED) is 0.319. The van der Waals surface area contributed by atoms with Crippen LogP contribution in [0.15, 0.2) is 0 Å². The van der Waals surface area contributed by atoms with E-state index >= 15 is 0 Å². The van der Waals surface area contributed by atoms with Crippen molar-refractivity contribution in [1.82, 2.24) is 0 Å². The minimum absolute atomic E-state index is 0.0233. The van der Waals surface area contributed by atoms with Crippen molar-refractivity contribution in [1.29, 1.82) is 0 Å². The minimum Gasteiger partial charge on any atom is -0.417 e. The summed E-state index contributed by atoms with van der Waals surface area (Å²) in [5.41, 5.74) is 0. The van der Waals surface area contributed by atoms with Crippen LogP contribution in [0.2, 0.25) is 18.1 Å². The maximum absolute atomic E-state index is 11.9. The molecule has 0 aromatic rings. The van der Waals surface area contributed by atoms with E-state index in [1.165, 1.54) is 0 Å². The summed E-state index contributed by atoms with van der Waals surface area (Å²) in [5, 5.41) is 0.249. The lowest BCUT2D eigenvalue weighted by atomic mass is 9.69. The Kier molecular flexibility index (Phi) is 5.99. The third-order valence-electron chi connectivity index (χ3n) is 6.30. The van der Waals surface area contributed by atoms with Crippen molar-refractivity contribution in [2.24, 2.45) is 11.8 Å². The normalized spacial score (nSPS) is 34.4. The second kappa shape index (κ2) is 6.97. The Morgan fingerprint density at radius 1 is 1.26 bits per heavy atom. The molecule has 0 bridgehead atoms. The van der Waals surface area contributed by atoms with Crippen molar-refractivity contribution in [2.45, 2.75) is 87.7 Å². The molecular formula is C18H32Cl2O2Si. The van der Waals surface area contributed by atoms with E-state index in [9.17, 15) is 4.79 Å². The molecule has 0 heterocycles. The number of carbonyl (C=O) groups excluding carboxylic acids is 1. The van der Waals surface area contributed by atoms with Crippen molar-refractivity contribution < 1.29 is 9.22 Å². The van der Waals surface area contributed by atoms with Gasteiger partial charge in [0.1, 0.15) is 5.78 Å². The first-order valence-electron chi connectivity index (χ1n) is 8.99. The summed E-state index contributed by atoms with van der Waals surface area (Å²) in [6.45, 7) is 12.3. The molecule has 0 aromatic carbocycles. The second-order valence-corrected chi connectivity index (χ2v) is 15.0. The highest BCUT2D eigenvalue weighted by Crippen LogP contribution is 2.58. The molecule has 2 rings (SSSR count). The van der Waals surface area contributed by atoms with Crippen LogP contribution in [0.3, 0.4) is 0 Å². The summed E-state index contributed by atoms with van der Waals surface area (Å²) >= 11 is 12.9.